The lowest BCUT2D eigenvalue weighted by Gasteiger charge is -2.16. The van der Waals surface area contributed by atoms with E-state index in [1.54, 1.807) is 18.2 Å². The average molecular weight is 264 g/mol. The van der Waals surface area contributed by atoms with Crippen LogP contribution in [0.4, 0.5) is 17.6 Å². The van der Waals surface area contributed by atoms with E-state index in [9.17, 15) is 17.6 Å². The van der Waals surface area contributed by atoms with Crippen LogP contribution in [0.5, 0.6) is 5.75 Å². The first-order valence-electron chi connectivity index (χ1n) is 5.18. The molecular weight excluding hydrogens is 252 g/mol. The van der Waals surface area contributed by atoms with Crippen molar-refractivity contribution in [2.45, 2.75) is 19.0 Å². The van der Waals surface area contributed by atoms with Gasteiger partial charge in [0, 0.05) is 6.61 Å². The monoisotopic (exact) mass is 264 g/mol. The first kappa shape index (κ1) is 14.5. The van der Waals surface area contributed by atoms with Gasteiger partial charge in [0.1, 0.15) is 5.75 Å². The van der Waals surface area contributed by atoms with Gasteiger partial charge >= 0.3 is 12.5 Å². The molecule has 0 heterocycles. The predicted octanol–water partition coefficient (Wildman–Crippen LogP) is 3.32. The molecule has 1 rings (SSSR count). The lowest BCUT2D eigenvalue weighted by atomic mass is 10.2. The number of hydrogen-bond acceptors (Lipinski definition) is 2. The Morgan fingerprint density at radius 3 is 2.67 bits per heavy atom. The van der Waals surface area contributed by atoms with Gasteiger partial charge in [-0.05, 0) is 24.1 Å². The van der Waals surface area contributed by atoms with Crippen molar-refractivity contribution in [2.24, 2.45) is 0 Å². The Hall–Kier alpha value is -1.56. The van der Waals surface area contributed by atoms with Gasteiger partial charge in [0.2, 0.25) is 0 Å². The van der Waals surface area contributed by atoms with Gasteiger partial charge in [-0.1, -0.05) is 24.3 Å². The summed E-state index contributed by atoms with van der Waals surface area (Å²) in [6.07, 6.45) is -4.77. The van der Waals surface area contributed by atoms with Crippen LogP contribution < -0.4 is 4.74 Å². The molecule has 0 fully saturated rings. The molecule has 0 amide bonds. The summed E-state index contributed by atoms with van der Waals surface area (Å²) in [5.74, 6) is -0.341. The maximum atomic E-state index is 12.6. The Labute approximate surface area is 102 Å². The minimum atomic E-state index is -4.51. The molecule has 0 spiro atoms. The average Bonchev–Trinajstić information content (AvgIpc) is 2.29. The van der Waals surface area contributed by atoms with Crippen LogP contribution in [-0.2, 0) is 0 Å². The van der Waals surface area contributed by atoms with Crippen molar-refractivity contribution in [3.63, 3.8) is 0 Å². The molecule has 1 aromatic rings. The second-order valence-corrected chi connectivity index (χ2v) is 3.45. The van der Waals surface area contributed by atoms with E-state index in [4.69, 9.17) is 5.11 Å². The Morgan fingerprint density at radius 2 is 2.06 bits per heavy atom. The summed E-state index contributed by atoms with van der Waals surface area (Å²) < 4.78 is 53.1. The number of alkyl halides is 4. The number of benzene rings is 1. The van der Waals surface area contributed by atoms with Crippen molar-refractivity contribution in [3.8, 4) is 5.75 Å². The SMILES string of the molecule is OCCC=Cc1cccc(OC(F)(F)C(F)F)c1. The highest BCUT2D eigenvalue weighted by molar-refractivity contribution is 5.51. The molecule has 1 aromatic carbocycles. The molecule has 0 aliphatic rings. The molecular formula is C12H12F4O2. The number of rotatable bonds is 6. The first-order chi connectivity index (χ1) is 8.45. The molecule has 0 aliphatic carbocycles. The van der Waals surface area contributed by atoms with Crippen LogP contribution in [0.25, 0.3) is 6.08 Å². The van der Waals surface area contributed by atoms with E-state index in [2.05, 4.69) is 4.74 Å². The van der Waals surface area contributed by atoms with Gasteiger partial charge in [0.05, 0.1) is 0 Å². The zero-order valence-electron chi connectivity index (χ0n) is 9.32. The number of halogens is 4. The molecule has 6 heteroatoms. The molecule has 18 heavy (non-hydrogen) atoms. The van der Waals surface area contributed by atoms with Gasteiger partial charge in [-0.2, -0.15) is 17.6 Å². The van der Waals surface area contributed by atoms with Crippen LogP contribution in [0.2, 0.25) is 0 Å². The largest absolute Gasteiger partial charge is 0.461 e. The van der Waals surface area contributed by atoms with Crippen molar-refractivity contribution >= 4 is 6.08 Å². The first-order valence-corrected chi connectivity index (χ1v) is 5.18. The predicted molar refractivity (Wildman–Crippen MR) is 58.8 cm³/mol. The molecule has 0 unspecified atom stereocenters. The molecule has 0 atom stereocenters. The fourth-order valence-corrected chi connectivity index (χ4v) is 1.18. The number of hydrogen-bond donors (Lipinski definition) is 1. The van der Waals surface area contributed by atoms with Gasteiger partial charge < -0.3 is 9.84 Å². The smallest absolute Gasteiger partial charge is 0.428 e. The van der Waals surface area contributed by atoms with Crippen LogP contribution in [0.1, 0.15) is 12.0 Å². The van der Waals surface area contributed by atoms with Gasteiger partial charge in [-0.3, -0.25) is 0 Å². The zero-order valence-corrected chi connectivity index (χ0v) is 9.32. The third-order valence-electron chi connectivity index (χ3n) is 1.97. The molecule has 100 valence electrons. The van der Waals surface area contributed by atoms with Crippen LogP contribution in [0, 0.1) is 0 Å². The molecule has 0 aliphatic heterocycles. The molecule has 0 radical (unpaired) electrons. The van der Waals surface area contributed by atoms with E-state index < -0.39 is 12.5 Å². The van der Waals surface area contributed by atoms with Crippen molar-refractivity contribution < 1.29 is 27.4 Å². The minimum absolute atomic E-state index is 0.0316. The third kappa shape index (κ3) is 4.37. The maximum Gasteiger partial charge on any atom is 0.461 e. The van der Waals surface area contributed by atoms with Crippen molar-refractivity contribution in [1.29, 1.82) is 0 Å². The van der Waals surface area contributed by atoms with Crippen molar-refractivity contribution in [2.75, 3.05) is 6.61 Å². The van der Waals surface area contributed by atoms with Crippen LogP contribution in [0.3, 0.4) is 0 Å². The van der Waals surface area contributed by atoms with Crippen molar-refractivity contribution in [1.82, 2.24) is 0 Å². The fraction of sp³-hybridized carbons (Fsp3) is 0.333. The topological polar surface area (TPSA) is 29.5 Å². The summed E-state index contributed by atoms with van der Waals surface area (Å²) in [5, 5.41) is 8.55. The van der Waals surface area contributed by atoms with E-state index in [1.807, 2.05) is 0 Å². The van der Waals surface area contributed by atoms with Crippen LogP contribution in [0.15, 0.2) is 30.3 Å². The molecule has 0 saturated heterocycles. The number of ether oxygens (including phenoxy) is 1. The number of aliphatic hydroxyl groups excluding tert-OH is 1. The third-order valence-corrected chi connectivity index (χ3v) is 1.97. The Balaban J connectivity index is 2.76. The Kier molecular flexibility index (Phi) is 5.15. The van der Waals surface area contributed by atoms with Crippen molar-refractivity contribution in [3.05, 3.63) is 35.9 Å². The van der Waals surface area contributed by atoms with Crippen LogP contribution in [-0.4, -0.2) is 24.2 Å². The molecule has 0 bridgehead atoms. The Bertz CT molecular complexity index is 405. The maximum absolute atomic E-state index is 12.6. The standard InChI is InChI=1S/C12H12F4O2/c13-11(14)12(15,16)18-10-6-3-5-9(8-10)4-1-2-7-17/h1,3-6,8,11,17H,2,7H2. The summed E-state index contributed by atoms with van der Waals surface area (Å²) in [6, 6.07) is 5.39. The summed E-state index contributed by atoms with van der Waals surface area (Å²) in [7, 11) is 0. The summed E-state index contributed by atoms with van der Waals surface area (Å²) in [4.78, 5) is 0. The lowest BCUT2D eigenvalue weighted by molar-refractivity contribution is -0.253. The highest BCUT2D eigenvalue weighted by atomic mass is 19.3. The molecule has 2 nitrogen and oxygen atoms in total. The minimum Gasteiger partial charge on any atom is -0.428 e. The normalized spacial score (nSPS) is 12.3. The van der Waals surface area contributed by atoms with Gasteiger partial charge in [0.15, 0.2) is 0 Å². The second kappa shape index (κ2) is 6.39. The van der Waals surface area contributed by atoms with E-state index >= 15 is 0 Å². The zero-order chi connectivity index (χ0) is 13.6. The second-order valence-electron chi connectivity index (χ2n) is 3.45. The fourth-order valence-electron chi connectivity index (χ4n) is 1.18. The molecule has 0 aromatic heterocycles. The summed E-state index contributed by atoms with van der Waals surface area (Å²) in [5.41, 5.74) is 0.519. The van der Waals surface area contributed by atoms with E-state index in [1.165, 1.54) is 18.2 Å². The van der Waals surface area contributed by atoms with Gasteiger partial charge in [-0.25, -0.2) is 0 Å². The van der Waals surface area contributed by atoms with E-state index in [0.717, 1.165) is 0 Å². The van der Waals surface area contributed by atoms with E-state index in [-0.39, 0.29) is 12.4 Å². The van der Waals surface area contributed by atoms with E-state index in [0.29, 0.717) is 12.0 Å². The lowest BCUT2D eigenvalue weighted by Crippen LogP contribution is -2.33. The quantitative estimate of drug-likeness (QED) is 0.799. The molecule has 0 saturated carbocycles. The van der Waals surface area contributed by atoms with Gasteiger partial charge in [-0.15, -0.1) is 0 Å². The Morgan fingerprint density at radius 1 is 1.33 bits per heavy atom. The summed E-state index contributed by atoms with van der Waals surface area (Å²) >= 11 is 0. The highest BCUT2D eigenvalue weighted by Crippen LogP contribution is 2.28. The van der Waals surface area contributed by atoms with Gasteiger partial charge in [0.25, 0.3) is 0 Å². The molecule has 1 N–H and O–H groups in total. The highest BCUT2D eigenvalue weighted by Gasteiger charge is 2.43. The summed E-state index contributed by atoms with van der Waals surface area (Å²) in [6.45, 7) is -0.0316. The number of aliphatic hydroxyl groups is 1. The van der Waals surface area contributed by atoms with Crippen LogP contribution >= 0.6 is 0 Å².